The fraction of sp³-hybridized carbons (Fsp3) is 0.231. The van der Waals surface area contributed by atoms with E-state index < -0.39 is 0 Å². The molecule has 0 unspecified atom stereocenters. The van der Waals surface area contributed by atoms with E-state index >= 15 is 0 Å². The third-order valence-corrected chi connectivity index (χ3v) is 5.15. The van der Waals surface area contributed by atoms with E-state index in [0.717, 1.165) is 12.2 Å². The summed E-state index contributed by atoms with van der Waals surface area (Å²) in [6, 6.07) is 15.9. The van der Waals surface area contributed by atoms with Crippen molar-refractivity contribution in [3.8, 4) is 34.5 Å². The summed E-state index contributed by atoms with van der Waals surface area (Å²) in [7, 11) is 4.64. The Morgan fingerprint density at radius 2 is 1.65 bits per heavy atom. The monoisotopic (exact) mass is 462 g/mol. The van der Waals surface area contributed by atoms with E-state index in [1.807, 2.05) is 6.92 Å². The first-order valence-corrected chi connectivity index (χ1v) is 10.8. The highest BCUT2D eigenvalue weighted by atomic mass is 16.5. The molecule has 0 bridgehead atoms. The molecule has 1 N–H and O–H groups in total. The van der Waals surface area contributed by atoms with Crippen LogP contribution in [-0.2, 0) is 0 Å². The summed E-state index contributed by atoms with van der Waals surface area (Å²) in [5.74, 6) is 2.38. The van der Waals surface area contributed by atoms with Crippen LogP contribution in [0, 0.1) is 0 Å². The van der Waals surface area contributed by atoms with Crippen LogP contribution in [0.4, 0.5) is 5.69 Å². The van der Waals surface area contributed by atoms with Gasteiger partial charge in [0, 0.05) is 16.8 Å². The molecule has 0 aliphatic heterocycles. The molecule has 0 aliphatic carbocycles. The van der Waals surface area contributed by atoms with Gasteiger partial charge in [0.25, 0.3) is 5.91 Å². The Morgan fingerprint density at radius 1 is 0.941 bits per heavy atom. The minimum atomic E-state index is -0.227. The number of methoxy groups -OCH3 is 3. The Balaban J connectivity index is 1.56. The van der Waals surface area contributed by atoms with E-state index in [9.17, 15) is 4.79 Å². The van der Waals surface area contributed by atoms with Crippen LogP contribution in [0.5, 0.6) is 23.0 Å². The zero-order valence-electron chi connectivity index (χ0n) is 19.5. The van der Waals surface area contributed by atoms with Crippen molar-refractivity contribution in [1.29, 1.82) is 0 Å². The normalized spacial score (nSPS) is 10.7. The highest BCUT2D eigenvalue weighted by Crippen LogP contribution is 2.41. The van der Waals surface area contributed by atoms with Crippen LogP contribution in [0.15, 0.2) is 59.0 Å². The van der Waals surface area contributed by atoms with Crippen molar-refractivity contribution >= 4 is 22.7 Å². The van der Waals surface area contributed by atoms with Crippen molar-refractivity contribution < 1.29 is 28.2 Å². The van der Waals surface area contributed by atoms with Crippen molar-refractivity contribution in [2.24, 2.45) is 0 Å². The number of oxazole rings is 1. The van der Waals surface area contributed by atoms with Crippen LogP contribution in [0.25, 0.3) is 22.6 Å². The van der Waals surface area contributed by atoms with Crippen molar-refractivity contribution in [3.05, 3.63) is 60.2 Å². The van der Waals surface area contributed by atoms with Crippen molar-refractivity contribution in [1.82, 2.24) is 4.98 Å². The maximum Gasteiger partial charge on any atom is 0.255 e. The molecule has 0 aliphatic rings. The predicted molar refractivity (Wildman–Crippen MR) is 129 cm³/mol. The molecule has 3 aromatic carbocycles. The SMILES string of the molecule is CCCOc1ccc(C(=O)Nc2ccc3oc(-c4cc(OC)c(OC)c(OC)c4)nc3c2)cc1. The molecular formula is C26H26N2O6. The molecule has 0 atom stereocenters. The molecule has 4 rings (SSSR count). The second-order valence-electron chi connectivity index (χ2n) is 7.44. The van der Waals surface area contributed by atoms with Crippen LogP contribution in [0.1, 0.15) is 23.7 Å². The fourth-order valence-electron chi connectivity index (χ4n) is 3.46. The van der Waals surface area contributed by atoms with E-state index in [4.69, 9.17) is 23.4 Å². The molecule has 0 radical (unpaired) electrons. The summed E-state index contributed by atoms with van der Waals surface area (Å²) < 4.78 is 27.7. The maximum absolute atomic E-state index is 12.7. The van der Waals surface area contributed by atoms with Gasteiger partial charge in [0.1, 0.15) is 11.3 Å². The lowest BCUT2D eigenvalue weighted by Gasteiger charge is -2.12. The highest BCUT2D eigenvalue weighted by Gasteiger charge is 2.18. The first kappa shape index (κ1) is 23.0. The summed E-state index contributed by atoms with van der Waals surface area (Å²) in [5, 5.41) is 2.90. The molecule has 0 spiro atoms. The number of carbonyl (C=O) groups excluding carboxylic acids is 1. The van der Waals surface area contributed by atoms with Gasteiger partial charge < -0.3 is 28.7 Å². The van der Waals surface area contributed by atoms with Gasteiger partial charge in [0.15, 0.2) is 17.1 Å². The number of nitrogens with zero attached hydrogens (tertiary/aromatic N) is 1. The van der Waals surface area contributed by atoms with Gasteiger partial charge in [-0.15, -0.1) is 0 Å². The Kier molecular flexibility index (Phi) is 6.87. The van der Waals surface area contributed by atoms with Crippen LogP contribution in [0.3, 0.4) is 0 Å². The number of nitrogens with one attached hydrogen (secondary N) is 1. The third kappa shape index (κ3) is 4.76. The second kappa shape index (κ2) is 10.2. The number of anilines is 1. The molecule has 0 fully saturated rings. The maximum atomic E-state index is 12.7. The van der Waals surface area contributed by atoms with Crippen LogP contribution in [0.2, 0.25) is 0 Å². The van der Waals surface area contributed by atoms with E-state index in [1.165, 1.54) is 0 Å². The zero-order valence-corrected chi connectivity index (χ0v) is 19.5. The number of hydrogen-bond acceptors (Lipinski definition) is 7. The summed E-state index contributed by atoms with van der Waals surface area (Å²) in [6.07, 6.45) is 0.925. The van der Waals surface area contributed by atoms with Gasteiger partial charge in [-0.25, -0.2) is 4.98 Å². The largest absolute Gasteiger partial charge is 0.494 e. The summed E-state index contributed by atoms with van der Waals surface area (Å²) in [5.41, 5.74) is 2.99. The first-order chi connectivity index (χ1) is 16.6. The Morgan fingerprint density at radius 3 is 2.26 bits per heavy atom. The molecule has 1 aromatic heterocycles. The lowest BCUT2D eigenvalue weighted by atomic mass is 10.2. The first-order valence-electron chi connectivity index (χ1n) is 10.8. The van der Waals surface area contributed by atoms with Gasteiger partial charge in [-0.2, -0.15) is 0 Å². The smallest absolute Gasteiger partial charge is 0.255 e. The standard InChI is InChI=1S/C26H26N2O6/c1-5-12-33-19-9-6-16(7-10-19)25(29)27-18-8-11-21-20(15-18)28-26(34-21)17-13-22(30-2)24(32-4)23(14-17)31-3/h6-11,13-15H,5,12H2,1-4H3,(H,27,29). The van der Waals surface area contributed by atoms with Crippen LogP contribution < -0.4 is 24.3 Å². The minimum absolute atomic E-state index is 0.227. The van der Waals surface area contributed by atoms with Gasteiger partial charge in [-0.3, -0.25) is 4.79 Å². The number of benzene rings is 3. The topological polar surface area (TPSA) is 92.1 Å². The number of rotatable bonds is 9. The van der Waals surface area contributed by atoms with Crippen molar-refractivity contribution in [2.75, 3.05) is 33.3 Å². The van der Waals surface area contributed by atoms with Crippen molar-refractivity contribution in [3.63, 3.8) is 0 Å². The molecule has 0 saturated carbocycles. The lowest BCUT2D eigenvalue weighted by molar-refractivity contribution is 0.102. The lowest BCUT2D eigenvalue weighted by Crippen LogP contribution is -2.11. The number of fused-ring (bicyclic) bond motifs is 1. The van der Waals surface area contributed by atoms with Gasteiger partial charge in [0.05, 0.1) is 27.9 Å². The van der Waals surface area contributed by atoms with E-state index in [0.29, 0.717) is 57.7 Å². The molecule has 1 heterocycles. The molecule has 8 nitrogen and oxygen atoms in total. The average molecular weight is 463 g/mol. The van der Waals surface area contributed by atoms with Crippen molar-refractivity contribution in [2.45, 2.75) is 13.3 Å². The Hall–Kier alpha value is -4.20. The summed E-state index contributed by atoms with van der Waals surface area (Å²) >= 11 is 0. The number of aromatic nitrogens is 1. The molecular weight excluding hydrogens is 436 g/mol. The van der Waals surface area contributed by atoms with E-state index in [1.54, 1.807) is 75.9 Å². The molecule has 176 valence electrons. The predicted octanol–water partition coefficient (Wildman–Crippen LogP) is 5.56. The van der Waals surface area contributed by atoms with Gasteiger partial charge in [-0.05, 0) is 61.0 Å². The molecule has 0 saturated heterocycles. The van der Waals surface area contributed by atoms with Gasteiger partial charge in [-0.1, -0.05) is 6.92 Å². The second-order valence-corrected chi connectivity index (χ2v) is 7.44. The average Bonchev–Trinajstić information content (AvgIpc) is 3.30. The molecule has 34 heavy (non-hydrogen) atoms. The quantitative estimate of drug-likeness (QED) is 0.348. The summed E-state index contributed by atoms with van der Waals surface area (Å²) in [6.45, 7) is 2.68. The Labute approximate surface area is 197 Å². The fourth-order valence-corrected chi connectivity index (χ4v) is 3.46. The van der Waals surface area contributed by atoms with Gasteiger partial charge >= 0.3 is 0 Å². The molecule has 1 amide bonds. The zero-order chi connectivity index (χ0) is 24.1. The molecule has 4 aromatic rings. The number of carbonyl (C=O) groups is 1. The third-order valence-electron chi connectivity index (χ3n) is 5.15. The minimum Gasteiger partial charge on any atom is -0.494 e. The van der Waals surface area contributed by atoms with E-state index in [-0.39, 0.29) is 5.91 Å². The molecule has 8 heteroatoms. The van der Waals surface area contributed by atoms with Crippen LogP contribution in [-0.4, -0.2) is 38.8 Å². The Bertz CT molecular complexity index is 1270. The summed E-state index contributed by atoms with van der Waals surface area (Å²) in [4.78, 5) is 17.3. The highest BCUT2D eigenvalue weighted by molar-refractivity contribution is 6.05. The number of amides is 1. The number of ether oxygens (including phenoxy) is 4. The number of hydrogen-bond donors (Lipinski definition) is 1. The van der Waals surface area contributed by atoms with Gasteiger partial charge in [0.2, 0.25) is 11.6 Å². The van der Waals surface area contributed by atoms with E-state index in [2.05, 4.69) is 10.3 Å². The van der Waals surface area contributed by atoms with Crippen LogP contribution >= 0.6 is 0 Å².